The number of alkyl halides is 3. The molecule has 1 aromatic rings. The van der Waals surface area contributed by atoms with E-state index in [0.29, 0.717) is 19.3 Å². The Morgan fingerprint density at radius 2 is 2.32 bits per heavy atom. The van der Waals surface area contributed by atoms with Crippen molar-refractivity contribution >= 4 is 29.3 Å². The Morgan fingerprint density at radius 1 is 1.55 bits per heavy atom. The Balaban J connectivity index is 1.82. The summed E-state index contributed by atoms with van der Waals surface area (Å²) in [7, 11) is 0. The number of carbonyl (C=O) groups is 1. The molecule has 1 saturated heterocycles. The highest BCUT2D eigenvalue weighted by Crippen LogP contribution is 2.33. The second-order valence-electron chi connectivity index (χ2n) is 4.74. The molecule has 1 aromatic heterocycles. The first kappa shape index (κ1) is 17.4. The van der Waals surface area contributed by atoms with Crippen molar-refractivity contribution in [3.8, 4) is 0 Å². The molecule has 22 heavy (non-hydrogen) atoms. The number of halogens is 4. The highest BCUT2D eigenvalue weighted by molar-refractivity contribution is 8.00. The van der Waals surface area contributed by atoms with Gasteiger partial charge in [-0.05, 0) is 18.9 Å². The minimum atomic E-state index is -4.49. The lowest BCUT2D eigenvalue weighted by Gasteiger charge is -2.11. The second kappa shape index (κ2) is 7.52. The standard InChI is InChI=1S/C13H14ClF3N2O2S/c14-10-4-8(13(15,16)17)5-19-12(10)22-7-11(20)18-6-9-2-1-3-21-9/h4-5,9H,1-3,6-7H2,(H,18,20)/t9-/m1/s1. The van der Waals surface area contributed by atoms with Gasteiger partial charge in [-0.3, -0.25) is 4.79 Å². The van der Waals surface area contributed by atoms with Gasteiger partial charge in [0.2, 0.25) is 5.91 Å². The van der Waals surface area contributed by atoms with Crippen LogP contribution in [0.5, 0.6) is 0 Å². The van der Waals surface area contributed by atoms with Crippen LogP contribution < -0.4 is 5.32 Å². The van der Waals surface area contributed by atoms with Crippen LogP contribution in [0.4, 0.5) is 13.2 Å². The van der Waals surface area contributed by atoms with Crippen LogP contribution in [-0.2, 0) is 15.7 Å². The first-order valence-corrected chi connectivity index (χ1v) is 7.96. The summed E-state index contributed by atoms with van der Waals surface area (Å²) in [6.07, 6.45) is -1.83. The van der Waals surface area contributed by atoms with Crippen molar-refractivity contribution in [2.75, 3.05) is 18.9 Å². The molecule has 1 atom stereocenters. The molecule has 9 heteroatoms. The normalized spacial score (nSPS) is 18.5. The fourth-order valence-corrected chi connectivity index (χ4v) is 2.93. The summed E-state index contributed by atoms with van der Waals surface area (Å²) in [5.41, 5.74) is -0.912. The van der Waals surface area contributed by atoms with Crippen molar-refractivity contribution < 1.29 is 22.7 Å². The van der Waals surface area contributed by atoms with Gasteiger partial charge >= 0.3 is 6.18 Å². The van der Waals surface area contributed by atoms with Gasteiger partial charge in [-0.25, -0.2) is 4.98 Å². The van der Waals surface area contributed by atoms with Gasteiger partial charge in [-0.2, -0.15) is 13.2 Å². The Labute approximate surface area is 134 Å². The number of pyridine rings is 1. The van der Waals surface area contributed by atoms with E-state index in [0.717, 1.165) is 30.7 Å². The Bertz CT molecular complexity index is 537. The van der Waals surface area contributed by atoms with Crippen LogP contribution >= 0.6 is 23.4 Å². The van der Waals surface area contributed by atoms with Crippen molar-refractivity contribution in [2.45, 2.75) is 30.1 Å². The quantitative estimate of drug-likeness (QED) is 0.825. The molecule has 2 rings (SSSR count). The van der Waals surface area contributed by atoms with Crippen LogP contribution in [-0.4, -0.2) is 35.9 Å². The topological polar surface area (TPSA) is 51.2 Å². The zero-order valence-electron chi connectivity index (χ0n) is 11.5. The fraction of sp³-hybridized carbons (Fsp3) is 0.538. The highest BCUT2D eigenvalue weighted by Gasteiger charge is 2.31. The Kier molecular flexibility index (Phi) is 5.94. The van der Waals surface area contributed by atoms with Gasteiger partial charge in [-0.1, -0.05) is 23.4 Å². The number of ether oxygens (including phenoxy) is 1. The van der Waals surface area contributed by atoms with Gasteiger partial charge in [0.15, 0.2) is 0 Å². The lowest BCUT2D eigenvalue weighted by atomic mass is 10.2. The predicted octanol–water partition coefficient (Wildman–Crippen LogP) is 3.14. The van der Waals surface area contributed by atoms with E-state index in [1.54, 1.807) is 0 Å². The van der Waals surface area contributed by atoms with E-state index in [9.17, 15) is 18.0 Å². The third kappa shape index (κ3) is 5.03. The molecule has 0 aromatic carbocycles. The van der Waals surface area contributed by atoms with Crippen molar-refractivity contribution in [2.24, 2.45) is 0 Å². The van der Waals surface area contributed by atoms with E-state index in [2.05, 4.69) is 10.3 Å². The number of amides is 1. The zero-order chi connectivity index (χ0) is 16.2. The number of hydrogen-bond donors (Lipinski definition) is 1. The summed E-state index contributed by atoms with van der Waals surface area (Å²) in [6.45, 7) is 1.15. The molecule has 4 nitrogen and oxygen atoms in total. The molecule has 0 bridgehead atoms. The van der Waals surface area contributed by atoms with Gasteiger partial charge in [0.05, 0.1) is 22.4 Å². The summed E-state index contributed by atoms with van der Waals surface area (Å²) >= 11 is 6.76. The maximum atomic E-state index is 12.5. The van der Waals surface area contributed by atoms with Gasteiger partial charge < -0.3 is 10.1 Å². The Hall–Kier alpha value is -0.990. The lowest BCUT2D eigenvalue weighted by molar-refractivity contribution is -0.137. The molecular weight excluding hydrogens is 341 g/mol. The van der Waals surface area contributed by atoms with Gasteiger partial charge in [0.25, 0.3) is 0 Å². The van der Waals surface area contributed by atoms with E-state index < -0.39 is 11.7 Å². The molecule has 1 amide bonds. The summed E-state index contributed by atoms with van der Waals surface area (Å²) in [5.74, 6) is -0.205. The van der Waals surface area contributed by atoms with Crippen molar-refractivity contribution in [1.82, 2.24) is 10.3 Å². The number of hydrogen-bond acceptors (Lipinski definition) is 4. The van der Waals surface area contributed by atoms with Crippen molar-refractivity contribution in [3.05, 3.63) is 22.8 Å². The van der Waals surface area contributed by atoms with Crippen LogP contribution in [0.1, 0.15) is 18.4 Å². The minimum Gasteiger partial charge on any atom is -0.376 e. The third-order valence-electron chi connectivity index (χ3n) is 3.03. The van der Waals surface area contributed by atoms with E-state index in [-0.39, 0.29) is 27.8 Å². The van der Waals surface area contributed by atoms with Crippen LogP contribution in [0.3, 0.4) is 0 Å². The monoisotopic (exact) mass is 354 g/mol. The van der Waals surface area contributed by atoms with Crippen LogP contribution in [0.2, 0.25) is 5.02 Å². The molecule has 0 saturated carbocycles. The van der Waals surface area contributed by atoms with Crippen LogP contribution in [0.15, 0.2) is 17.3 Å². The molecule has 1 aliphatic heterocycles. The number of aromatic nitrogens is 1. The molecule has 0 aliphatic carbocycles. The average molecular weight is 355 g/mol. The van der Waals surface area contributed by atoms with Gasteiger partial charge in [-0.15, -0.1) is 0 Å². The van der Waals surface area contributed by atoms with Gasteiger partial charge in [0.1, 0.15) is 5.03 Å². The zero-order valence-corrected chi connectivity index (χ0v) is 13.0. The van der Waals surface area contributed by atoms with Crippen LogP contribution in [0, 0.1) is 0 Å². The molecule has 1 aliphatic rings. The third-order valence-corrected chi connectivity index (χ3v) is 4.43. The number of nitrogens with one attached hydrogen (secondary N) is 1. The van der Waals surface area contributed by atoms with Gasteiger partial charge in [0, 0.05) is 19.3 Å². The average Bonchev–Trinajstić information content (AvgIpc) is 2.96. The molecule has 0 unspecified atom stereocenters. The number of thioether (sulfide) groups is 1. The fourth-order valence-electron chi connectivity index (χ4n) is 1.90. The summed E-state index contributed by atoms with van der Waals surface area (Å²) < 4.78 is 42.8. The molecule has 122 valence electrons. The van der Waals surface area contributed by atoms with Crippen molar-refractivity contribution in [1.29, 1.82) is 0 Å². The molecule has 1 fully saturated rings. The molecule has 0 radical (unpaired) electrons. The SMILES string of the molecule is O=C(CSc1ncc(C(F)(F)F)cc1Cl)NC[C@H]1CCCO1. The minimum absolute atomic E-state index is 0.0325. The highest BCUT2D eigenvalue weighted by atomic mass is 35.5. The Morgan fingerprint density at radius 3 is 2.91 bits per heavy atom. The number of carbonyl (C=O) groups excluding carboxylic acids is 1. The first-order chi connectivity index (χ1) is 10.4. The number of rotatable bonds is 5. The first-order valence-electron chi connectivity index (χ1n) is 6.60. The smallest absolute Gasteiger partial charge is 0.376 e. The summed E-state index contributed by atoms with van der Waals surface area (Å²) in [6, 6.07) is 0.807. The largest absolute Gasteiger partial charge is 0.417 e. The lowest BCUT2D eigenvalue weighted by Crippen LogP contribution is -2.32. The van der Waals surface area contributed by atoms with E-state index in [4.69, 9.17) is 16.3 Å². The number of nitrogens with zero attached hydrogens (tertiary/aromatic N) is 1. The molecule has 0 spiro atoms. The van der Waals surface area contributed by atoms with E-state index >= 15 is 0 Å². The van der Waals surface area contributed by atoms with E-state index in [1.807, 2.05) is 0 Å². The molecule has 2 heterocycles. The molecular formula is C13H14ClF3N2O2S. The van der Waals surface area contributed by atoms with Crippen LogP contribution in [0.25, 0.3) is 0 Å². The summed E-state index contributed by atoms with van der Waals surface area (Å²) in [4.78, 5) is 15.3. The summed E-state index contributed by atoms with van der Waals surface area (Å²) in [5, 5.41) is 2.79. The second-order valence-corrected chi connectivity index (χ2v) is 6.11. The maximum absolute atomic E-state index is 12.5. The predicted molar refractivity (Wildman–Crippen MR) is 77.0 cm³/mol. The van der Waals surface area contributed by atoms with Crippen molar-refractivity contribution in [3.63, 3.8) is 0 Å². The maximum Gasteiger partial charge on any atom is 0.417 e. The van der Waals surface area contributed by atoms with E-state index in [1.165, 1.54) is 0 Å². The molecule has 1 N–H and O–H groups in total.